The van der Waals surface area contributed by atoms with Crippen molar-refractivity contribution < 1.29 is 27.9 Å². The highest BCUT2D eigenvalue weighted by Gasteiger charge is 2.43. The molecule has 0 spiro atoms. The number of nitrogens with one attached hydrogen (secondary N) is 2. The highest BCUT2D eigenvalue weighted by Crippen LogP contribution is 2.19. The summed E-state index contributed by atoms with van der Waals surface area (Å²) in [4.78, 5) is 32.4. The molecule has 0 aliphatic rings. The van der Waals surface area contributed by atoms with Crippen LogP contribution in [0.2, 0.25) is 0 Å². The number of amides is 2. The zero-order valence-corrected chi connectivity index (χ0v) is 14.2. The standard InChI is InChI=1S/C16H19F3N4O3/c1-9(2)23(8-7-21-14(25)12(24)16(17,18)19)15(26)11-4-3-10-5-6-20-13(10)22-11/h3-6,9,12,24H,7-8H2,1-2H3,(H,20,22)(H,21,25)/t12-/m1/s1. The van der Waals surface area contributed by atoms with Crippen LogP contribution >= 0.6 is 0 Å². The van der Waals surface area contributed by atoms with E-state index in [1.165, 1.54) is 4.90 Å². The Morgan fingerprint density at radius 2 is 2.00 bits per heavy atom. The van der Waals surface area contributed by atoms with Crippen LogP contribution in [0.3, 0.4) is 0 Å². The summed E-state index contributed by atoms with van der Waals surface area (Å²) in [6, 6.07) is 4.82. The molecule has 7 nitrogen and oxygen atoms in total. The van der Waals surface area contributed by atoms with Crippen LogP contribution in [0.4, 0.5) is 13.2 Å². The van der Waals surface area contributed by atoms with E-state index in [9.17, 15) is 22.8 Å². The van der Waals surface area contributed by atoms with Gasteiger partial charge in [0.15, 0.2) is 0 Å². The monoisotopic (exact) mass is 372 g/mol. The van der Waals surface area contributed by atoms with E-state index < -0.39 is 24.1 Å². The van der Waals surface area contributed by atoms with E-state index in [0.717, 1.165) is 5.39 Å². The molecule has 0 fully saturated rings. The second-order valence-corrected chi connectivity index (χ2v) is 5.94. The van der Waals surface area contributed by atoms with E-state index in [1.54, 1.807) is 38.2 Å². The summed E-state index contributed by atoms with van der Waals surface area (Å²) in [6.07, 6.45) is -6.44. The van der Waals surface area contributed by atoms with Crippen molar-refractivity contribution in [2.45, 2.75) is 32.2 Å². The number of fused-ring (bicyclic) bond motifs is 1. The van der Waals surface area contributed by atoms with E-state index >= 15 is 0 Å². The van der Waals surface area contributed by atoms with Gasteiger partial charge in [-0.1, -0.05) is 0 Å². The topological polar surface area (TPSA) is 98.3 Å². The Morgan fingerprint density at radius 1 is 1.31 bits per heavy atom. The molecule has 0 radical (unpaired) electrons. The molecule has 2 rings (SSSR count). The zero-order valence-electron chi connectivity index (χ0n) is 14.2. The number of aliphatic hydroxyl groups is 1. The third kappa shape index (κ3) is 4.51. The molecule has 0 saturated carbocycles. The molecule has 0 aliphatic heterocycles. The van der Waals surface area contributed by atoms with Gasteiger partial charge in [-0.05, 0) is 32.0 Å². The number of halogens is 3. The van der Waals surface area contributed by atoms with Gasteiger partial charge < -0.3 is 20.3 Å². The van der Waals surface area contributed by atoms with Gasteiger partial charge >= 0.3 is 6.18 Å². The van der Waals surface area contributed by atoms with Crippen molar-refractivity contribution in [3.63, 3.8) is 0 Å². The van der Waals surface area contributed by atoms with Crippen LogP contribution in [-0.2, 0) is 4.79 Å². The van der Waals surface area contributed by atoms with Gasteiger partial charge in [-0.3, -0.25) is 9.59 Å². The van der Waals surface area contributed by atoms with Crippen LogP contribution in [-0.4, -0.2) is 63.2 Å². The van der Waals surface area contributed by atoms with Crippen molar-refractivity contribution >= 4 is 22.8 Å². The SMILES string of the molecule is CC(C)N(CCNC(=O)[C@@H](O)C(F)(F)F)C(=O)c1ccc2cc[nH]c2n1. The molecule has 0 unspecified atom stereocenters. The van der Waals surface area contributed by atoms with E-state index in [4.69, 9.17) is 5.11 Å². The minimum atomic E-state index is -5.03. The quantitative estimate of drug-likeness (QED) is 0.715. The third-order valence-corrected chi connectivity index (χ3v) is 3.72. The van der Waals surface area contributed by atoms with Gasteiger partial charge in [-0.2, -0.15) is 13.2 Å². The molecule has 1 atom stereocenters. The lowest BCUT2D eigenvalue weighted by Crippen LogP contribution is -2.47. The Hall–Kier alpha value is -2.62. The number of rotatable bonds is 6. The van der Waals surface area contributed by atoms with Crippen molar-refractivity contribution in [2.24, 2.45) is 0 Å². The molecule has 2 aromatic heterocycles. The van der Waals surface area contributed by atoms with Crippen LogP contribution in [0.5, 0.6) is 0 Å². The second-order valence-electron chi connectivity index (χ2n) is 5.94. The van der Waals surface area contributed by atoms with Crippen molar-refractivity contribution in [1.29, 1.82) is 0 Å². The number of aromatic nitrogens is 2. The molecular weight excluding hydrogens is 353 g/mol. The number of pyridine rings is 1. The van der Waals surface area contributed by atoms with E-state index in [-0.39, 0.29) is 24.8 Å². The summed E-state index contributed by atoms with van der Waals surface area (Å²) in [5, 5.41) is 11.7. The molecule has 2 heterocycles. The summed E-state index contributed by atoms with van der Waals surface area (Å²) in [5.74, 6) is -1.97. The summed E-state index contributed by atoms with van der Waals surface area (Å²) in [7, 11) is 0. The first-order valence-electron chi connectivity index (χ1n) is 7.89. The summed E-state index contributed by atoms with van der Waals surface area (Å²) in [6.45, 7) is 3.20. The summed E-state index contributed by atoms with van der Waals surface area (Å²) < 4.78 is 36.8. The van der Waals surface area contributed by atoms with Gasteiger partial charge in [0.05, 0.1) is 0 Å². The molecule has 10 heteroatoms. The zero-order chi connectivity index (χ0) is 19.5. The lowest BCUT2D eigenvalue weighted by molar-refractivity contribution is -0.205. The van der Waals surface area contributed by atoms with Gasteiger partial charge in [-0.25, -0.2) is 4.98 Å². The number of alkyl halides is 3. The molecule has 3 N–H and O–H groups in total. The maximum absolute atomic E-state index is 12.6. The lowest BCUT2D eigenvalue weighted by Gasteiger charge is -2.27. The smallest absolute Gasteiger partial charge is 0.376 e. The Balaban J connectivity index is 2.02. The first-order valence-corrected chi connectivity index (χ1v) is 7.89. The van der Waals surface area contributed by atoms with E-state index in [2.05, 4.69) is 9.97 Å². The van der Waals surface area contributed by atoms with E-state index in [1.807, 2.05) is 5.32 Å². The number of aliphatic hydroxyl groups excluding tert-OH is 1. The van der Waals surface area contributed by atoms with Crippen LogP contribution in [0.25, 0.3) is 11.0 Å². The maximum atomic E-state index is 12.6. The van der Waals surface area contributed by atoms with Crippen LogP contribution in [0.15, 0.2) is 24.4 Å². The Labute approximate surface area is 147 Å². The predicted octanol–water partition coefficient (Wildman–Crippen LogP) is 1.45. The van der Waals surface area contributed by atoms with Crippen molar-refractivity contribution in [2.75, 3.05) is 13.1 Å². The normalized spacial score (nSPS) is 13.0. The first kappa shape index (κ1) is 19.7. The van der Waals surface area contributed by atoms with Gasteiger partial charge in [0.2, 0.25) is 6.10 Å². The number of nitrogens with zero attached hydrogens (tertiary/aromatic N) is 2. The Kier molecular flexibility index (Phi) is 5.86. The fourth-order valence-electron chi connectivity index (χ4n) is 2.34. The number of aromatic amines is 1. The molecule has 26 heavy (non-hydrogen) atoms. The number of hydrogen-bond acceptors (Lipinski definition) is 4. The molecule has 142 valence electrons. The van der Waals surface area contributed by atoms with Crippen LogP contribution in [0.1, 0.15) is 24.3 Å². The Morgan fingerprint density at radius 3 is 2.62 bits per heavy atom. The van der Waals surface area contributed by atoms with Crippen LogP contribution in [0, 0.1) is 0 Å². The summed E-state index contributed by atoms with van der Waals surface area (Å²) in [5.41, 5.74) is 0.719. The number of carbonyl (C=O) groups excluding carboxylic acids is 2. The first-order chi connectivity index (χ1) is 12.1. The largest absolute Gasteiger partial charge is 0.423 e. The predicted molar refractivity (Wildman–Crippen MR) is 87.3 cm³/mol. The number of carbonyl (C=O) groups is 2. The number of hydrogen-bond donors (Lipinski definition) is 3. The molecule has 0 aromatic carbocycles. The fourth-order valence-corrected chi connectivity index (χ4v) is 2.34. The highest BCUT2D eigenvalue weighted by atomic mass is 19.4. The van der Waals surface area contributed by atoms with Crippen molar-refractivity contribution in [3.8, 4) is 0 Å². The van der Waals surface area contributed by atoms with Crippen molar-refractivity contribution in [1.82, 2.24) is 20.2 Å². The minimum Gasteiger partial charge on any atom is -0.376 e. The van der Waals surface area contributed by atoms with Gasteiger partial charge in [0.1, 0.15) is 11.3 Å². The van der Waals surface area contributed by atoms with Crippen molar-refractivity contribution in [3.05, 3.63) is 30.1 Å². The van der Waals surface area contributed by atoms with E-state index in [0.29, 0.717) is 5.65 Å². The highest BCUT2D eigenvalue weighted by molar-refractivity contribution is 5.94. The Bertz CT molecular complexity index is 788. The number of H-pyrrole nitrogens is 1. The van der Waals surface area contributed by atoms with Crippen LogP contribution < -0.4 is 5.32 Å². The second kappa shape index (κ2) is 7.73. The molecule has 0 saturated heterocycles. The average molecular weight is 372 g/mol. The van der Waals surface area contributed by atoms with Gasteiger partial charge in [0, 0.05) is 30.7 Å². The molecule has 0 aliphatic carbocycles. The molecule has 2 aromatic rings. The maximum Gasteiger partial charge on any atom is 0.423 e. The lowest BCUT2D eigenvalue weighted by atomic mass is 10.2. The third-order valence-electron chi connectivity index (χ3n) is 3.72. The molecule has 2 amide bonds. The minimum absolute atomic E-state index is 0.0305. The average Bonchev–Trinajstić information content (AvgIpc) is 3.03. The molecular formula is C16H19F3N4O3. The summed E-state index contributed by atoms with van der Waals surface area (Å²) >= 11 is 0. The fraction of sp³-hybridized carbons (Fsp3) is 0.438. The molecule has 0 bridgehead atoms. The van der Waals surface area contributed by atoms with Gasteiger partial charge in [-0.15, -0.1) is 0 Å². The van der Waals surface area contributed by atoms with Gasteiger partial charge in [0.25, 0.3) is 11.8 Å².